The fourth-order valence-corrected chi connectivity index (χ4v) is 3.45. The summed E-state index contributed by atoms with van der Waals surface area (Å²) in [6.07, 6.45) is 0. The van der Waals surface area contributed by atoms with Crippen molar-refractivity contribution in [3.05, 3.63) is 67.9 Å². The molecule has 1 unspecified atom stereocenters. The van der Waals surface area contributed by atoms with E-state index in [4.69, 9.17) is 0 Å². The van der Waals surface area contributed by atoms with Gasteiger partial charge in [-0.1, -0.05) is 44.0 Å². The van der Waals surface area contributed by atoms with Crippen molar-refractivity contribution < 1.29 is 4.39 Å². The van der Waals surface area contributed by atoms with Crippen LogP contribution in [0.1, 0.15) is 22.7 Å². The maximum Gasteiger partial charge on any atom is 0.123 e. The molecule has 0 radical (unpaired) electrons. The van der Waals surface area contributed by atoms with Crippen LogP contribution >= 0.6 is 31.9 Å². The Hall–Kier alpha value is -0.710. The van der Waals surface area contributed by atoms with Gasteiger partial charge in [0.1, 0.15) is 5.82 Å². The van der Waals surface area contributed by atoms with Gasteiger partial charge in [0, 0.05) is 8.95 Å². The third kappa shape index (κ3) is 3.25. The number of nitrogens with one attached hydrogen (secondary N) is 1. The van der Waals surface area contributed by atoms with E-state index in [1.54, 1.807) is 6.07 Å². The molecule has 0 spiro atoms. The van der Waals surface area contributed by atoms with Gasteiger partial charge in [-0.15, -0.1) is 0 Å². The first-order valence-corrected chi connectivity index (χ1v) is 7.50. The summed E-state index contributed by atoms with van der Waals surface area (Å²) in [5.74, 6) is -0.203. The van der Waals surface area contributed by atoms with Crippen LogP contribution < -0.4 is 5.32 Å². The van der Waals surface area contributed by atoms with Crippen molar-refractivity contribution in [2.45, 2.75) is 13.0 Å². The third-order valence-electron chi connectivity index (χ3n) is 3.11. The standard InChI is InChI=1S/C15H14Br2FN/c1-9-7-11(18)4-6-12(9)15(19-2)13-5-3-10(16)8-14(13)17/h3-8,15,19H,1-2H3. The average Bonchev–Trinajstić information content (AvgIpc) is 2.34. The van der Waals surface area contributed by atoms with Crippen molar-refractivity contribution in [3.63, 3.8) is 0 Å². The highest BCUT2D eigenvalue weighted by molar-refractivity contribution is 9.11. The van der Waals surface area contributed by atoms with Crippen molar-refractivity contribution in [2.24, 2.45) is 0 Å². The number of hydrogen-bond acceptors (Lipinski definition) is 1. The fourth-order valence-electron chi connectivity index (χ4n) is 2.18. The Labute approximate surface area is 129 Å². The molecule has 2 rings (SSSR count). The van der Waals surface area contributed by atoms with E-state index < -0.39 is 0 Å². The highest BCUT2D eigenvalue weighted by atomic mass is 79.9. The largest absolute Gasteiger partial charge is 0.309 e. The minimum Gasteiger partial charge on any atom is -0.309 e. The molecule has 100 valence electrons. The molecule has 0 aliphatic carbocycles. The van der Waals surface area contributed by atoms with Crippen molar-refractivity contribution >= 4 is 31.9 Å². The molecule has 0 heterocycles. The van der Waals surface area contributed by atoms with E-state index in [0.29, 0.717) is 0 Å². The molecular formula is C15H14Br2FN. The summed E-state index contributed by atoms with van der Waals surface area (Å²) in [5.41, 5.74) is 3.14. The van der Waals surface area contributed by atoms with Crippen LogP contribution in [-0.2, 0) is 0 Å². The van der Waals surface area contributed by atoms with E-state index in [9.17, 15) is 4.39 Å². The summed E-state index contributed by atoms with van der Waals surface area (Å²) in [4.78, 5) is 0. The second kappa shape index (κ2) is 6.16. The predicted octanol–water partition coefficient (Wildman–Crippen LogP) is 4.97. The van der Waals surface area contributed by atoms with Crippen LogP contribution in [0.15, 0.2) is 45.3 Å². The maximum atomic E-state index is 13.2. The predicted molar refractivity (Wildman–Crippen MR) is 83.9 cm³/mol. The Morgan fingerprint density at radius 1 is 1.05 bits per heavy atom. The van der Waals surface area contributed by atoms with Gasteiger partial charge in [-0.2, -0.15) is 0 Å². The molecule has 0 bridgehead atoms. The van der Waals surface area contributed by atoms with Gasteiger partial charge in [-0.05, 0) is 54.9 Å². The lowest BCUT2D eigenvalue weighted by molar-refractivity contribution is 0.621. The van der Waals surface area contributed by atoms with Crippen LogP contribution in [-0.4, -0.2) is 7.05 Å². The van der Waals surface area contributed by atoms with Crippen molar-refractivity contribution in [1.29, 1.82) is 0 Å². The summed E-state index contributed by atoms with van der Waals surface area (Å²) in [6, 6.07) is 11.0. The Morgan fingerprint density at radius 2 is 1.74 bits per heavy atom. The molecular weight excluding hydrogens is 373 g/mol. The molecule has 1 nitrogen and oxygen atoms in total. The lowest BCUT2D eigenvalue weighted by Crippen LogP contribution is -2.19. The van der Waals surface area contributed by atoms with E-state index in [0.717, 1.165) is 25.6 Å². The first-order chi connectivity index (χ1) is 9.02. The van der Waals surface area contributed by atoms with Crippen LogP contribution in [0.25, 0.3) is 0 Å². The van der Waals surface area contributed by atoms with Crippen molar-refractivity contribution in [1.82, 2.24) is 5.32 Å². The number of aryl methyl sites for hydroxylation is 1. The van der Waals surface area contributed by atoms with Crippen LogP contribution in [0.4, 0.5) is 4.39 Å². The molecule has 0 saturated carbocycles. The average molecular weight is 387 g/mol. The van der Waals surface area contributed by atoms with Gasteiger partial charge in [-0.25, -0.2) is 4.39 Å². The van der Waals surface area contributed by atoms with Gasteiger partial charge >= 0.3 is 0 Å². The minimum absolute atomic E-state index is 0.0306. The van der Waals surface area contributed by atoms with Crippen LogP contribution in [0.5, 0.6) is 0 Å². The SMILES string of the molecule is CNC(c1ccc(F)cc1C)c1ccc(Br)cc1Br. The Bertz CT molecular complexity index is 547. The molecule has 0 aliphatic rings. The third-order valence-corrected chi connectivity index (χ3v) is 4.29. The van der Waals surface area contributed by atoms with E-state index in [1.807, 2.05) is 32.2 Å². The summed E-state index contributed by atoms with van der Waals surface area (Å²) in [6.45, 7) is 1.93. The minimum atomic E-state index is -0.203. The van der Waals surface area contributed by atoms with Gasteiger partial charge in [0.25, 0.3) is 0 Å². The lowest BCUT2D eigenvalue weighted by atomic mass is 9.95. The lowest BCUT2D eigenvalue weighted by Gasteiger charge is -2.21. The second-order valence-corrected chi connectivity index (χ2v) is 6.16. The van der Waals surface area contributed by atoms with Gasteiger partial charge in [0.05, 0.1) is 6.04 Å². The molecule has 0 aromatic heterocycles. The molecule has 0 aliphatic heterocycles. The Balaban J connectivity index is 2.50. The fraction of sp³-hybridized carbons (Fsp3) is 0.200. The highest BCUT2D eigenvalue weighted by Crippen LogP contribution is 2.32. The van der Waals surface area contributed by atoms with Gasteiger partial charge < -0.3 is 5.32 Å². The summed E-state index contributed by atoms with van der Waals surface area (Å²) in [7, 11) is 1.90. The molecule has 0 saturated heterocycles. The monoisotopic (exact) mass is 385 g/mol. The zero-order valence-electron chi connectivity index (χ0n) is 10.7. The molecule has 0 amide bonds. The van der Waals surface area contributed by atoms with Crippen LogP contribution in [0, 0.1) is 12.7 Å². The van der Waals surface area contributed by atoms with Crippen molar-refractivity contribution in [3.8, 4) is 0 Å². The van der Waals surface area contributed by atoms with Gasteiger partial charge in [0.15, 0.2) is 0 Å². The van der Waals surface area contributed by atoms with Gasteiger partial charge in [0.2, 0.25) is 0 Å². The molecule has 2 aromatic rings. The highest BCUT2D eigenvalue weighted by Gasteiger charge is 2.17. The zero-order chi connectivity index (χ0) is 14.0. The van der Waals surface area contributed by atoms with E-state index in [2.05, 4.69) is 43.2 Å². The Kier molecular flexibility index (Phi) is 4.76. The molecule has 2 aromatic carbocycles. The molecule has 19 heavy (non-hydrogen) atoms. The maximum absolute atomic E-state index is 13.2. The number of halogens is 3. The summed E-state index contributed by atoms with van der Waals surface area (Å²) >= 11 is 7.03. The van der Waals surface area contributed by atoms with Crippen LogP contribution in [0.3, 0.4) is 0 Å². The summed E-state index contributed by atoms with van der Waals surface area (Å²) < 4.78 is 15.3. The zero-order valence-corrected chi connectivity index (χ0v) is 13.8. The molecule has 4 heteroatoms. The van der Waals surface area contributed by atoms with E-state index in [-0.39, 0.29) is 11.9 Å². The molecule has 1 atom stereocenters. The molecule has 0 fully saturated rings. The second-order valence-electron chi connectivity index (χ2n) is 4.39. The van der Waals surface area contributed by atoms with E-state index in [1.165, 1.54) is 6.07 Å². The van der Waals surface area contributed by atoms with Crippen molar-refractivity contribution in [2.75, 3.05) is 7.05 Å². The normalized spacial score (nSPS) is 12.5. The topological polar surface area (TPSA) is 12.0 Å². The first kappa shape index (κ1) is 14.7. The number of rotatable bonds is 3. The number of hydrogen-bond donors (Lipinski definition) is 1. The smallest absolute Gasteiger partial charge is 0.123 e. The Morgan fingerprint density at radius 3 is 2.32 bits per heavy atom. The first-order valence-electron chi connectivity index (χ1n) is 5.91. The molecule has 1 N–H and O–H groups in total. The van der Waals surface area contributed by atoms with Gasteiger partial charge in [-0.3, -0.25) is 0 Å². The van der Waals surface area contributed by atoms with E-state index >= 15 is 0 Å². The van der Waals surface area contributed by atoms with Crippen LogP contribution in [0.2, 0.25) is 0 Å². The quantitative estimate of drug-likeness (QED) is 0.785. The summed E-state index contributed by atoms with van der Waals surface area (Å²) in [5, 5.41) is 3.29. The number of benzene rings is 2.